The lowest BCUT2D eigenvalue weighted by Crippen LogP contribution is -2.38. The van der Waals surface area contributed by atoms with Gasteiger partial charge in [0.2, 0.25) is 0 Å². The summed E-state index contributed by atoms with van der Waals surface area (Å²) in [5.74, 6) is 0.787. The average Bonchev–Trinajstić information content (AvgIpc) is 2.80. The van der Waals surface area contributed by atoms with Gasteiger partial charge in [0.1, 0.15) is 11.3 Å². The van der Waals surface area contributed by atoms with E-state index in [1.54, 1.807) is 6.20 Å². The summed E-state index contributed by atoms with van der Waals surface area (Å²) in [6, 6.07) is 33.4. The quantitative estimate of drug-likeness (QED) is 0.406. The summed E-state index contributed by atoms with van der Waals surface area (Å²) in [6.45, 7) is 2.58. The lowest BCUT2D eigenvalue weighted by atomic mass is 9.77. The lowest BCUT2D eigenvalue weighted by Gasteiger charge is -2.38. The van der Waals surface area contributed by atoms with Crippen molar-refractivity contribution in [2.24, 2.45) is 0 Å². The van der Waals surface area contributed by atoms with E-state index in [4.69, 9.17) is 4.74 Å². The maximum atomic E-state index is 5.89. The van der Waals surface area contributed by atoms with Crippen molar-refractivity contribution < 1.29 is 4.74 Å². The molecule has 4 aromatic rings. The maximum Gasteiger partial charge on any atom is 0.145 e. The Morgan fingerprint density at radius 3 is 1.66 bits per heavy atom. The summed E-state index contributed by atoms with van der Waals surface area (Å²) in [5.41, 5.74) is 3.68. The molecule has 3 aromatic carbocycles. The van der Waals surface area contributed by atoms with Crippen molar-refractivity contribution in [1.82, 2.24) is 4.98 Å². The summed E-state index contributed by atoms with van der Waals surface area (Å²) in [7, 11) is 0. The fourth-order valence-corrected chi connectivity index (χ4v) is 3.74. The predicted octanol–water partition coefficient (Wildman–Crippen LogP) is 5.88. The number of hydrogen-bond donors (Lipinski definition) is 1. The van der Waals surface area contributed by atoms with Crippen molar-refractivity contribution in [3.8, 4) is 5.75 Å². The molecule has 0 atom stereocenters. The molecule has 144 valence electrons. The zero-order chi connectivity index (χ0) is 19.9. The van der Waals surface area contributed by atoms with Gasteiger partial charge in [-0.15, -0.1) is 0 Å². The van der Waals surface area contributed by atoms with Gasteiger partial charge in [0.05, 0.1) is 18.5 Å². The molecule has 3 heteroatoms. The van der Waals surface area contributed by atoms with Gasteiger partial charge in [-0.3, -0.25) is 4.98 Å². The van der Waals surface area contributed by atoms with Gasteiger partial charge in [0.25, 0.3) is 0 Å². The second-order valence-electron chi connectivity index (χ2n) is 6.78. The zero-order valence-corrected chi connectivity index (χ0v) is 16.5. The van der Waals surface area contributed by atoms with E-state index in [1.807, 2.05) is 37.4 Å². The van der Waals surface area contributed by atoms with Gasteiger partial charge < -0.3 is 10.1 Å². The van der Waals surface area contributed by atoms with Crippen LogP contribution < -0.4 is 10.1 Å². The predicted molar refractivity (Wildman–Crippen MR) is 118 cm³/mol. The minimum Gasteiger partial charge on any atom is -0.492 e. The first-order chi connectivity index (χ1) is 14.3. The monoisotopic (exact) mass is 380 g/mol. The van der Waals surface area contributed by atoms with Crippen molar-refractivity contribution in [3.05, 3.63) is 126 Å². The van der Waals surface area contributed by atoms with E-state index in [9.17, 15) is 0 Å². The second-order valence-corrected chi connectivity index (χ2v) is 6.78. The topological polar surface area (TPSA) is 34.1 Å². The first kappa shape index (κ1) is 18.8. The van der Waals surface area contributed by atoms with Crippen molar-refractivity contribution in [3.63, 3.8) is 0 Å². The third-order valence-corrected chi connectivity index (χ3v) is 5.02. The summed E-state index contributed by atoms with van der Waals surface area (Å²) in [5, 5.41) is 3.81. The van der Waals surface area contributed by atoms with E-state index in [0.717, 1.165) is 28.1 Å². The van der Waals surface area contributed by atoms with Crippen LogP contribution in [-0.2, 0) is 5.54 Å². The Morgan fingerprint density at radius 2 is 1.21 bits per heavy atom. The van der Waals surface area contributed by atoms with Crippen molar-refractivity contribution in [1.29, 1.82) is 0 Å². The van der Waals surface area contributed by atoms with Crippen LogP contribution in [0.4, 0.5) is 5.69 Å². The number of aromatic nitrogens is 1. The number of nitrogens with one attached hydrogen (secondary N) is 1. The largest absolute Gasteiger partial charge is 0.492 e. The number of hydrogen-bond acceptors (Lipinski definition) is 3. The van der Waals surface area contributed by atoms with Crippen molar-refractivity contribution >= 4 is 5.69 Å². The van der Waals surface area contributed by atoms with E-state index < -0.39 is 5.54 Å². The molecule has 1 N–H and O–H groups in total. The number of nitrogens with zero attached hydrogens (tertiary/aromatic N) is 1. The first-order valence-electron chi connectivity index (χ1n) is 9.86. The minimum atomic E-state index is -0.599. The molecule has 1 aromatic heterocycles. The van der Waals surface area contributed by atoms with Gasteiger partial charge in [-0.05, 0) is 23.6 Å². The Balaban J connectivity index is 1.99. The average molecular weight is 380 g/mol. The summed E-state index contributed by atoms with van der Waals surface area (Å²) < 4.78 is 5.89. The molecule has 0 saturated carbocycles. The fourth-order valence-electron chi connectivity index (χ4n) is 3.74. The van der Waals surface area contributed by atoms with Gasteiger partial charge in [0, 0.05) is 12.3 Å². The van der Waals surface area contributed by atoms with Crippen LogP contribution in [0.5, 0.6) is 5.75 Å². The second kappa shape index (κ2) is 8.61. The molecule has 0 bridgehead atoms. The highest BCUT2D eigenvalue weighted by molar-refractivity contribution is 5.64. The third kappa shape index (κ3) is 3.72. The molecule has 3 nitrogen and oxygen atoms in total. The van der Waals surface area contributed by atoms with Crippen LogP contribution in [0.15, 0.2) is 109 Å². The van der Waals surface area contributed by atoms with Gasteiger partial charge in [0.15, 0.2) is 0 Å². The standard InChI is InChI=1S/C26H24N2O/c1-2-29-25-18-19-27-20-24(25)28-26(21-12-6-3-7-13-21,22-14-8-4-9-15-22)23-16-10-5-11-17-23/h3-20,28H,2H2,1H3. The van der Waals surface area contributed by atoms with Crippen LogP contribution in [-0.4, -0.2) is 11.6 Å². The van der Waals surface area contributed by atoms with E-state index in [1.165, 1.54) is 0 Å². The molecule has 0 aliphatic carbocycles. The van der Waals surface area contributed by atoms with Gasteiger partial charge >= 0.3 is 0 Å². The Bertz CT molecular complexity index is 937. The number of ether oxygens (including phenoxy) is 1. The van der Waals surface area contributed by atoms with E-state index in [-0.39, 0.29) is 0 Å². The number of pyridine rings is 1. The summed E-state index contributed by atoms with van der Waals surface area (Å²) in [6.07, 6.45) is 3.58. The zero-order valence-electron chi connectivity index (χ0n) is 16.5. The first-order valence-corrected chi connectivity index (χ1v) is 9.86. The van der Waals surface area contributed by atoms with Crippen molar-refractivity contribution in [2.75, 3.05) is 11.9 Å². The number of anilines is 1. The normalized spacial score (nSPS) is 11.1. The molecule has 0 aliphatic rings. The number of rotatable bonds is 7. The third-order valence-electron chi connectivity index (χ3n) is 5.02. The highest BCUT2D eigenvalue weighted by Gasteiger charge is 2.37. The SMILES string of the molecule is CCOc1ccncc1NC(c1ccccc1)(c1ccccc1)c1ccccc1. The summed E-state index contributed by atoms with van der Waals surface area (Å²) in [4.78, 5) is 4.35. The molecular weight excluding hydrogens is 356 g/mol. The lowest BCUT2D eigenvalue weighted by molar-refractivity contribution is 0.341. The molecule has 4 rings (SSSR count). The highest BCUT2D eigenvalue weighted by atomic mass is 16.5. The molecule has 0 unspecified atom stereocenters. The van der Waals surface area contributed by atoms with Gasteiger partial charge in [-0.1, -0.05) is 91.0 Å². The smallest absolute Gasteiger partial charge is 0.145 e. The van der Waals surface area contributed by atoms with Crippen LogP contribution in [0.2, 0.25) is 0 Å². The van der Waals surface area contributed by atoms with Gasteiger partial charge in [-0.2, -0.15) is 0 Å². The molecule has 0 radical (unpaired) electrons. The summed E-state index contributed by atoms with van der Waals surface area (Å²) >= 11 is 0. The Morgan fingerprint density at radius 1 is 0.724 bits per heavy atom. The van der Waals surface area contributed by atoms with Crippen LogP contribution in [0.1, 0.15) is 23.6 Å². The van der Waals surface area contributed by atoms with Crippen LogP contribution in [0, 0.1) is 0 Å². The van der Waals surface area contributed by atoms with Crippen LogP contribution >= 0.6 is 0 Å². The molecular formula is C26H24N2O. The Kier molecular flexibility index (Phi) is 5.57. The van der Waals surface area contributed by atoms with Crippen LogP contribution in [0.25, 0.3) is 0 Å². The fraction of sp³-hybridized carbons (Fsp3) is 0.115. The molecule has 29 heavy (non-hydrogen) atoms. The molecule has 1 heterocycles. The maximum absolute atomic E-state index is 5.89. The van der Waals surface area contributed by atoms with Crippen molar-refractivity contribution in [2.45, 2.75) is 12.5 Å². The molecule has 0 amide bonds. The molecule has 0 saturated heterocycles. The van der Waals surface area contributed by atoms with E-state index in [0.29, 0.717) is 6.61 Å². The molecule has 0 fully saturated rings. The highest BCUT2D eigenvalue weighted by Crippen LogP contribution is 2.41. The van der Waals surface area contributed by atoms with Crippen LogP contribution in [0.3, 0.4) is 0 Å². The number of benzene rings is 3. The molecule has 0 spiro atoms. The van der Waals surface area contributed by atoms with E-state index >= 15 is 0 Å². The Hall–Kier alpha value is -3.59. The minimum absolute atomic E-state index is 0.591. The Labute approximate surface area is 172 Å². The molecule has 0 aliphatic heterocycles. The van der Waals surface area contributed by atoms with Gasteiger partial charge in [-0.25, -0.2) is 0 Å². The van der Waals surface area contributed by atoms with E-state index in [2.05, 4.69) is 83.1 Å².